The van der Waals surface area contributed by atoms with Gasteiger partial charge < -0.3 is 0 Å². The first kappa shape index (κ1) is 13.5. The van der Waals surface area contributed by atoms with Gasteiger partial charge in [0.25, 0.3) is 0 Å². The smallest absolute Gasteiger partial charge is 0.277 e. The fourth-order valence-corrected chi connectivity index (χ4v) is 2.53. The predicted octanol–water partition coefficient (Wildman–Crippen LogP) is 2.11. The molecular weight excluding hydrogens is 244 g/mol. The van der Waals surface area contributed by atoms with E-state index < -0.39 is 17.8 Å². The molecule has 1 saturated heterocycles. The number of carbonyl (C=O) groups is 3. The number of allylic oxidation sites excluding steroid dienone is 3. The molecule has 0 radical (unpaired) electrons. The van der Waals surface area contributed by atoms with Crippen LogP contribution in [0.2, 0.25) is 0 Å². The topological polar surface area (TPSA) is 66.5 Å². The molecule has 0 aromatic heterocycles. The number of rotatable bonds is 3. The summed E-state index contributed by atoms with van der Waals surface area (Å²) in [5.41, 5.74) is 0.566. The lowest BCUT2D eigenvalue weighted by atomic mass is 9.76. The maximum Gasteiger partial charge on any atom is 0.335 e. The van der Waals surface area contributed by atoms with Crippen molar-refractivity contribution in [3.8, 4) is 0 Å². The zero-order valence-corrected chi connectivity index (χ0v) is 11.2. The van der Waals surface area contributed by atoms with Crippen LogP contribution in [0.4, 0.5) is 4.79 Å². The van der Waals surface area contributed by atoms with Gasteiger partial charge in [-0.1, -0.05) is 26.0 Å². The van der Waals surface area contributed by atoms with Crippen LogP contribution in [0.15, 0.2) is 23.9 Å². The van der Waals surface area contributed by atoms with Crippen molar-refractivity contribution in [1.82, 2.24) is 10.2 Å². The second kappa shape index (κ2) is 4.99. The highest BCUT2D eigenvalue weighted by molar-refractivity contribution is 6.15. The summed E-state index contributed by atoms with van der Waals surface area (Å²) in [6.45, 7) is 4.19. The second-order valence-corrected chi connectivity index (χ2v) is 5.00. The average Bonchev–Trinajstić information content (AvgIpc) is 2.37. The van der Waals surface area contributed by atoms with Crippen molar-refractivity contribution < 1.29 is 14.4 Å². The Bertz CT molecular complexity index is 467. The van der Waals surface area contributed by atoms with Crippen molar-refractivity contribution in [2.45, 2.75) is 39.5 Å². The summed E-state index contributed by atoms with van der Waals surface area (Å²) in [4.78, 5) is 35.9. The van der Waals surface area contributed by atoms with E-state index in [-0.39, 0.29) is 11.8 Å². The van der Waals surface area contributed by atoms with E-state index >= 15 is 0 Å². The van der Waals surface area contributed by atoms with E-state index in [1.165, 1.54) is 0 Å². The summed E-state index contributed by atoms with van der Waals surface area (Å²) < 4.78 is 0. The molecular formula is C14H18N2O3. The van der Waals surface area contributed by atoms with Gasteiger partial charge in [0.1, 0.15) is 6.42 Å². The van der Waals surface area contributed by atoms with Crippen molar-refractivity contribution >= 4 is 17.8 Å². The van der Waals surface area contributed by atoms with Crippen LogP contribution in [-0.4, -0.2) is 22.7 Å². The molecule has 5 heteroatoms. The first-order chi connectivity index (χ1) is 9.01. The lowest BCUT2D eigenvalue weighted by Crippen LogP contribution is -2.52. The molecule has 19 heavy (non-hydrogen) atoms. The van der Waals surface area contributed by atoms with Crippen LogP contribution in [-0.2, 0) is 9.59 Å². The molecule has 0 spiro atoms. The number of hydrogen-bond acceptors (Lipinski definition) is 3. The number of carbonyl (C=O) groups excluding carboxylic acids is 3. The van der Waals surface area contributed by atoms with Crippen LogP contribution in [0.1, 0.15) is 39.5 Å². The minimum absolute atomic E-state index is 0.00784. The van der Waals surface area contributed by atoms with Crippen LogP contribution < -0.4 is 5.32 Å². The molecule has 5 nitrogen and oxygen atoms in total. The third-order valence-electron chi connectivity index (χ3n) is 3.94. The molecule has 0 unspecified atom stereocenters. The standard InChI is InChI=1S/C14H18N2O3/c1-3-14(4-2)7-5-6-10(9-14)16-12(18)8-11(17)15-13(16)19/h5-6,9H,3-4,7-8H2,1-2H3,(H,15,17,19). The highest BCUT2D eigenvalue weighted by atomic mass is 16.2. The molecule has 1 aliphatic carbocycles. The second-order valence-electron chi connectivity index (χ2n) is 5.00. The lowest BCUT2D eigenvalue weighted by Gasteiger charge is -2.34. The van der Waals surface area contributed by atoms with Crippen LogP contribution in [0.25, 0.3) is 0 Å². The molecule has 2 rings (SSSR count). The van der Waals surface area contributed by atoms with E-state index in [9.17, 15) is 14.4 Å². The van der Waals surface area contributed by atoms with Gasteiger partial charge in [0, 0.05) is 5.70 Å². The van der Waals surface area contributed by atoms with Crippen molar-refractivity contribution in [2.24, 2.45) is 5.41 Å². The van der Waals surface area contributed by atoms with Gasteiger partial charge in [-0.3, -0.25) is 14.9 Å². The molecule has 0 atom stereocenters. The monoisotopic (exact) mass is 262 g/mol. The molecule has 102 valence electrons. The Hall–Kier alpha value is -1.91. The third-order valence-corrected chi connectivity index (χ3v) is 3.94. The minimum atomic E-state index is -0.653. The number of hydrogen-bond donors (Lipinski definition) is 1. The van der Waals surface area contributed by atoms with E-state index in [1.54, 1.807) is 6.08 Å². The number of nitrogens with zero attached hydrogens (tertiary/aromatic N) is 1. The van der Waals surface area contributed by atoms with Gasteiger partial charge in [-0.2, -0.15) is 0 Å². The summed E-state index contributed by atoms with van der Waals surface area (Å²) in [6, 6.07) is -0.653. The Balaban J connectivity index is 2.32. The number of imide groups is 2. The van der Waals surface area contributed by atoms with Crippen LogP contribution in [0.5, 0.6) is 0 Å². The van der Waals surface area contributed by atoms with Gasteiger partial charge in [-0.15, -0.1) is 0 Å². The zero-order valence-electron chi connectivity index (χ0n) is 11.2. The van der Waals surface area contributed by atoms with Crippen molar-refractivity contribution in [3.63, 3.8) is 0 Å². The van der Waals surface area contributed by atoms with Crippen molar-refractivity contribution in [1.29, 1.82) is 0 Å². The molecule has 1 heterocycles. The molecule has 1 aliphatic heterocycles. The molecule has 4 amide bonds. The number of urea groups is 1. The summed E-state index contributed by atoms with van der Waals surface area (Å²) in [6.07, 6.45) is 8.27. The van der Waals surface area contributed by atoms with Gasteiger partial charge in [0.15, 0.2) is 0 Å². The Morgan fingerprint density at radius 1 is 1.26 bits per heavy atom. The number of barbiturate groups is 1. The minimum Gasteiger partial charge on any atom is -0.277 e. The number of nitrogens with one attached hydrogen (secondary N) is 1. The molecule has 0 bridgehead atoms. The van der Waals surface area contributed by atoms with Crippen molar-refractivity contribution in [3.05, 3.63) is 23.9 Å². The van der Waals surface area contributed by atoms with E-state index in [0.717, 1.165) is 24.2 Å². The summed E-state index contributed by atoms with van der Waals surface area (Å²) in [7, 11) is 0. The van der Waals surface area contributed by atoms with Crippen LogP contribution in [0, 0.1) is 5.41 Å². The van der Waals surface area contributed by atoms with Gasteiger partial charge in [-0.25, -0.2) is 9.69 Å². The Morgan fingerprint density at radius 2 is 1.95 bits per heavy atom. The van der Waals surface area contributed by atoms with E-state index in [4.69, 9.17) is 0 Å². The Labute approximate surface area is 112 Å². The molecule has 0 saturated carbocycles. The average molecular weight is 262 g/mol. The highest BCUT2D eigenvalue weighted by Crippen LogP contribution is 2.37. The molecule has 0 aromatic rings. The first-order valence-corrected chi connectivity index (χ1v) is 6.57. The van der Waals surface area contributed by atoms with Crippen LogP contribution >= 0.6 is 0 Å². The van der Waals surface area contributed by atoms with Crippen LogP contribution in [0.3, 0.4) is 0 Å². The summed E-state index contributed by atoms with van der Waals surface area (Å²) >= 11 is 0. The maximum absolute atomic E-state index is 11.9. The molecule has 1 fully saturated rings. The van der Waals surface area contributed by atoms with E-state index in [2.05, 4.69) is 19.2 Å². The van der Waals surface area contributed by atoms with E-state index in [0.29, 0.717) is 5.70 Å². The normalized spacial score (nSPS) is 22.3. The fourth-order valence-electron chi connectivity index (χ4n) is 2.53. The number of amides is 4. The molecule has 0 aromatic carbocycles. The Kier molecular flexibility index (Phi) is 3.55. The maximum atomic E-state index is 11.9. The first-order valence-electron chi connectivity index (χ1n) is 6.57. The van der Waals surface area contributed by atoms with Gasteiger partial charge >= 0.3 is 6.03 Å². The molecule has 1 N–H and O–H groups in total. The summed E-state index contributed by atoms with van der Waals surface area (Å²) in [5, 5.41) is 2.17. The predicted molar refractivity (Wildman–Crippen MR) is 69.9 cm³/mol. The third kappa shape index (κ3) is 2.45. The molecule has 2 aliphatic rings. The fraction of sp³-hybridized carbons (Fsp3) is 0.500. The largest absolute Gasteiger partial charge is 0.335 e. The van der Waals surface area contributed by atoms with Gasteiger partial charge in [0.05, 0.1) is 0 Å². The van der Waals surface area contributed by atoms with Gasteiger partial charge in [0.2, 0.25) is 11.8 Å². The summed E-state index contributed by atoms with van der Waals surface area (Å²) in [5.74, 6) is -1.00. The van der Waals surface area contributed by atoms with Gasteiger partial charge in [-0.05, 0) is 30.8 Å². The zero-order chi connectivity index (χ0) is 14.0. The Morgan fingerprint density at radius 3 is 2.53 bits per heavy atom. The van der Waals surface area contributed by atoms with Crippen molar-refractivity contribution in [2.75, 3.05) is 0 Å². The quantitative estimate of drug-likeness (QED) is 0.792. The lowest BCUT2D eigenvalue weighted by molar-refractivity contribution is -0.134. The highest BCUT2D eigenvalue weighted by Gasteiger charge is 2.35. The SMILES string of the molecule is CCC1(CC)C=C(N2C(=O)CC(=O)NC2=O)C=CC1. The van der Waals surface area contributed by atoms with E-state index in [1.807, 2.05) is 12.2 Å².